The van der Waals surface area contributed by atoms with E-state index in [4.69, 9.17) is 10.9 Å². The molecule has 0 aliphatic carbocycles. The van der Waals surface area contributed by atoms with Gasteiger partial charge in [-0.25, -0.2) is 8.42 Å². The maximum atomic E-state index is 12.2. The van der Waals surface area contributed by atoms with Crippen molar-refractivity contribution in [3.05, 3.63) is 29.8 Å². The molecular weight excluding hydrogens is 254 g/mol. The van der Waals surface area contributed by atoms with Crippen LogP contribution in [0.4, 0.5) is 0 Å². The zero-order valence-electron chi connectivity index (χ0n) is 10.4. The highest BCUT2D eigenvalue weighted by Gasteiger charge is 2.21. The van der Waals surface area contributed by atoms with E-state index in [-0.39, 0.29) is 10.7 Å². The quantitative estimate of drug-likeness (QED) is 0.358. The van der Waals surface area contributed by atoms with Crippen molar-refractivity contribution >= 4 is 15.9 Å². The standard InChI is InChI=1S/C11H17N3O3S/c1-3-14(4-2)18(16,17)10-7-5-9(6-8-10)11(12)13-15/h5-8,15H,3-4H2,1-2H3,(H2,12,13). The van der Waals surface area contributed by atoms with Crippen LogP contribution in [-0.4, -0.2) is 36.9 Å². The summed E-state index contributed by atoms with van der Waals surface area (Å²) >= 11 is 0. The monoisotopic (exact) mass is 271 g/mol. The third-order valence-corrected chi connectivity index (χ3v) is 4.67. The first-order chi connectivity index (χ1) is 8.47. The predicted molar refractivity (Wildman–Crippen MR) is 69.1 cm³/mol. The summed E-state index contributed by atoms with van der Waals surface area (Å²) in [6.45, 7) is 4.40. The van der Waals surface area contributed by atoms with E-state index in [9.17, 15) is 8.42 Å². The Hall–Kier alpha value is -1.60. The van der Waals surface area contributed by atoms with E-state index in [1.807, 2.05) is 0 Å². The molecule has 0 aliphatic heterocycles. The van der Waals surface area contributed by atoms with Crippen molar-refractivity contribution < 1.29 is 13.6 Å². The molecule has 0 unspecified atom stereocenters. The first-order valence-electron chi connectivity index (χ1n) is 5.55. The third kappa shape index (κ3) is 2.80. The van der Waals surface area contributed by atoms with Crippen molar-refractivity contribution in [3.8, 4) is 0 Å². The number of sulfonamides is 1. The van der Waals surface area contributed by atoms with Crippen molar-refractivity contribution in [2.24, 2.45) is 10.9 Å². The fourth-order valence-electron chi connectivity index (χ4n) is 1.57. The molecule has 0 radical (unpaired) electrons. The molecule has 0 amide bonds. The van der Waals surface area contributed by atoms with Crippen molar-refractivity contribution in [1.29, 1.82) is 0 Å². The summed E-state index contributed by atoms with van der Waals surface area (Å²) < 4.78 is 25.7. The average molecular weight is 271 g/mol. The fourth-order valence-corrected chi connectivity index (χ4v) is 3.03. The number of rotatable bonds is 5. The number of nitrogens with two attached hydrogens (primary N) is 1. The van der Waals surface area contributed by atoms with E-state index in [1.54, 1.807) is 13.8 Å². The van der Waals surface area contributed by atoms with Gasteiger partial charge in [-0.3, -0.25) is 0 Å². The van der Waals surface area contributed by atoms with E-state index in [0.717, 1.165) is 0 Å². The summed E-state index contributed by atoms with van der Waals surface area (Å²) in [7, 11) is -3.46. The lowest BCUT2D eigenvalue weighted by molar-refractivity contribution is 0.318. The van der Waals surface area contributed by atoms with Gasteiger partial charge in [-0.15, -0.1) is 0 Å². The molecule has 0 saturated carbocycles. The second-order valence-electron chi connectivity index (χ2n) is 3.60. The van der Waals surface area contributed by atoms with Gasteiger partial charge in [0.05, 0.1) is 4.90 Å². The lowest BCUT2D eigenvalue weighted by atomic mass is 10.2. The topological polar surface area (TPSA) is 96.0 Å². The van der Waals surface area contributed by atoms with Gasteiger partial charge < -0.3 is 10.9 Å². The maximum Gasteiger partial charge on any atom is 0.243 e. The van der Waals surface area contributed by atoms with E-state index < -0.39 is 10.0 Å². The Morgan fingerprint density at radius 1 is 1.28 bits per heavy atom. The van der Waals surface area contributed by atoms with Gasteiger partial charge in [-0.1, -0.05) is 19.0 Å². The molecule has 18 heavy (non-hydrogen) atoms. The van der Waals surface area contributed by atoms with Gasteiger partial charge in [0, 0.05) is 18.7 Å². The lowest BCUT2D eigenvalue weighted by Gasteiger charge is -2.18. The van der Waals surface area contributed by atoms with Gasteiger partial charge in [0.1, 0.15) is 0 Å². The third-order valence-electron chi connectivity index (χ3n) is 2.60. The summed E-state index contributed by atoms with van der Waals surface area (Å²) in [5, 5.41) is 11.4. The minimum absolute atomic E-state index is 0.0539. The van der Waals surface area contributed by atoms with Gasteiger partial charge in [0.25, 0.3) is 0 Å². The molecule has 1 rings (SSSR count). The number of nitrogens with zero attached hydrogens (tertiary/aromatic N) is 2. The van der Waals surface area contributed by atoms with Crippen LogP contribution in [0.15, 0.2) is 34.3 Å². The Morgan fingerprint density at radius 2 is 1.78 bits per heavy atom. The molecule has 0 aliphatic rings. The number of hydrogen-bond donors (Lipinski definition) is 2. The van der Waals surface area contributed by atoms with E-state index >= 15 is 0 Å². The Morgan fingerprint density at radius 3 is 2.17 bits per heavy atom. The SMILES string of the molecule is CCN(CC)S(=O)(=O)c1ccc(C(N)=NO)cc1. The molecule has 0 saturated heterocycles. The van der Waals surface area contributed by atoms with Gasteiger partial charge >= 0.3 is 0 Å². The van der Waals surface area contributed by atoms with Crippen LogP contribution in [0, 0.1) is 0 Å². The van der Waals surface area contributed by atoms with Crippen LogP contribution in [-0.2, 0) is 10.0 Å². The maximum absolute atomic E-state index is 12.2. The van der Waals surface area contributed by atoms with Crippen LogP contribution < -0.4 is 5.73 Å². The molecule has 1 aromatic rings. The van der Waals surface area contributed by atoms with Crippen molar-refractivity contribution in [3.63, 3.8) is 0 Å². The molecule has 0 bridgehead atoms. The second-order valence-corrected chi connectivity index (χ2v) is 5.54. The van der Waals surface area contributed by atoms with Crippen LogP contribution in [0.25, 0.3) is 0 Å². The van der Waals surface area contributed by atoms with E-state index in [1.165, 1.54) is 28.6 Å². The molecular formula is C11H17N3O3S. The number of amidine groups is 1. The molecule has 1 aromatic carbocycles. The molecule has 3 N–H and O–H groups in total. The normalized spacial score (nSPS) is 12.9. The predicted octanol–water partition coefficient (Wildman–Crippen LogP) is 0.812. The fraction of sp³-hybridized carbons (Fsp3) is 0.364. The first-order valence-corrected chi connectivity index (χ1v) is 6.99. The zero-order valence-corrected chi connectivity index (χ0v) is 11.2. The minimum atomic E-state index is -3.46. The summed E-state index contributed by atoms with van der Waals surface area (Å²) in [4.78, 5) is 0.195. The molecule has 7 heteroatoms. The molecule has 0 aromatic heterocycles. The average Bonchev–Trinajstić information content (AvgIpc) is 2.39. The Bertz CT molecular complexity index is 519. The number of oxime groups is 1. The highest BCUT2D eigenvalue weighted by Crippen LogP contribution is 2.16. The summed E-state index contributed by atoms with van der Waals surface area (Å²) in [6, 6.07) is 5.90. The van der Waals surface area contributed by atoms with Crippen LogP contribution in [0.2, 0.25) is 0 Å². The second kappa shape index (κ2) is 5.83. The first kappa shape index (κ1) is 14.5. The number of hydrogen-bond acceptors (Lipinski definition) is 4. The van der Waals surface area contributed by atoms with Crippen LogP contribution in [0.3, 0.4) is 0 Å². The molecule has 0 spiro atoms. The van der Waals surface area contributed by atoms with Crippen molar-refractivity contribution in [1.82, 2.24) is 4.31 Å². The Balaban J connectivity index is 3.12. The van der Waals surface area contributed by atoms with Crippen LogP contribution >= 0.6 is 0 Å². The number of benzene rings is 1. The van der Waals surface area contributed by atoms with Crippen LogP contribution in [0.5, 0.6) is 0 Å². The van der Waals surface area contributed by atoms with E-state index in [0.29, 0.717) is 18.7 Å². The van der Waals surface area contributed by atoms with Crippen molar-refractivity contribution in [2.75, 3.05) is 13.1 Å². The molecule has 0 heterocycles. The minimum Gasteiger partial charge on any atom is -0.409 e. The molecule has 100 valence electrons. The summed E-state index contributed by atoms with van der Waals surface area (Å²) in [6.07, 6.45) is 0. The van der Waals surface area contributed by atoms with Gasteiger partial charge in [-0.05, 0) is 24.3 Å². The molecule has 0 atom stereocenters. The summed E-state index contributed by atoms with van der Waals surface area (Å²) in [5.74, 6) is -0.0539. The van der Waals surface area contributed by atoms with Gasteiger partial charge in [0.15, 0.2) is 5.84 Å². The van der Waals surface area contributed by atoms with Gasteiger partial charge in [0.2, 0.25) is 10.0 Å². The van der Waals surface area contributed by atoms with Gasteiger partial charge in [-0.2, -0.15) is 4.31 Å². The van der Waals surface area contributed by atoms with Crippen molar-refractivity contribution in [2.45, 2.75) is 18.7 Å². The zero-order chi connectivity index (χ0) is 13.8. The smallest absolute Gasteiger partial charge is 0.243 e. The summed E-state index contributed by atoms with van der Waals surface area (Å²) in [5.41, 5.74) is 5.87. The molecule has 0 fully saturated rings. The highest BCUT2D eigenvalue weighted by atomic mass is 32.2. The van der Waals surface area contributed by atoms with E-state index in [2.05, 4.69) is 5.16 Å². The Kier molecular flexibility index (Phi) is 4.69. The molecule has 6 nitrogen and oxygen atoms in total. The largest absolute Gasteiger partial charge is 0.409 e. The highest BCUT2D eigenvalue weighted by molar-refractivity contribution is 7.89. The Labute approximate surface area is 107 Å². The lowest BCUT2D eigenvalue weighted by Crippen LogP contribution is -2.30. The van der Waals surface area contributed by atoms with Crippen LogP contribution in [0.1, 0.15) is 19.4 Å².